The highest BCUT2D eigenvalue weighted by Crippen LogP contribution is 2.31. The SMILES string of the molecule is O=C(O)c1ccc2nc(-c3c(F)cc(Br)cc3F)oc2c1. The molecule has 0 amide bonds. The molecule has 0 fully saturated rings. The van der Waals surface area contributed by atoms with Crippen LogP contribution in [-0.4, -0.2) is 16.1 Å². The summed E-state index contributed by atoms with van der Waals surface area (Å²) in [5, 5.41) is 8.90. The number of carbonyl (C=O) groups is 1. The third-order valence-electron chi connectivity index (χ3n) is 2.86. The molecule has 0 atom stereocenters. The van der Waals surface area contributed by atoms with Crippen LogP contribution in [0.2, 0.25) is 0 Å². The zero-order valence-electron chi connectivity index (χ0n) is 10.2. The van der Waals surface area contributed by atoms with Gasteiger partial charge in [0, 0.05) is 4.47 Å². The maximum atomic E-state index is 13.9. The molecule has 4 nitrogen and oxygen atoms in total. The van der Waals surface area contributed by atoms with Crippen molar-refractivity contribution in [3.8, 4) is 11.5 Å². The summed E-state index contributed by atoms with van der Waals surface area (Å²) < 4.78 is 33.3. The van der Waals surface area contributed by atoms with Gasteiger partial charge in [-0.2, -0.15) is 0 Å². The minimum Gasteiger partial charge on any atom is -0.478 e. The summed E-state index contributed by atoms with van der Waals surface area (Å²) in [5.74, 6) is -3.02. The largest absolute Gasteiger partial charge is 0.478 e. The van der Waals surface area contributed by atoms with Crippen LogP contribution in [0.25, 0.3) is 22.6 Å². The molecule has 0 unspecified atom stereocenters. The normalized spacial score (nSPS) is 11.0. The Kier molecular flexibility index (Phi) is 3.21. The van der Waals surface area contributed by atoms with Crippen LogP contribution in [0, 0.1) is 11.6 Å². The first-order valence-electron chi connectivity index (χ1n) is 5.74. The second-order valence-electron chi connectivity index (χ2n) is 4.25. The Hall–Kier alpha value is -2.28. The van der Waals surface area contributed by atoms with Gasteiger partial charge < -0.3 is 9.52 Å². The number of oxazole rings is 1. The Morgan fingerprint density at radius 1 is 1.19 bits per heavy atom. The molecule has 1 heterocycles. The fraction of sp³-hybridized carbons (Fsp3) is 0. The quantitative estimate of drug-likeness (QED) is 0.748. The van der Waals surface area contributed by atoms with Crippen molar-refractivity contribution < 1.29 is 23.1 Å². The zero-order chi connectivity index (χ0) is 15.1. The summed E-state index contributed by atoms with van der Waals surface area (Å²) in [6, 6.07) is 6.19. The number of carboxylic acid groups (broad SMARTS) is 1. The third-order valence-corrected chi connectivity index (χ3v) is 3.31. The molecular formula is C14H6BrF2NO3. The molecule has 0 aliphatic heterocycles. The topological polar surface area (TPSA) is 63.3 Å². The van der Waals surface area contributed by atoms with Gasteiger partial charge in [-0.1, -0.05) is 15.9 Å². The second-order valence-corrected chi connectivity index (χ2v) is 5.17. The van der Waals surface area contributed by atoms with E-state index in [1.165, 1.54) is 18.2 Å². The summed E-state index contributed by atoms with van der Waals surface area (Å²) in [5.41, 5.74) is 0.0663. The van der Waals surface area contributed by atoms with E-state index in [4.69, 9.17) is 9.52 Å². The molecule has 1 N–H and O–H groups in total. The number of fused-ring (bicyclic) bond motifs is 1. The van der Waals surface area contributed by atoms with Gasteiger partial charge in [0.2, 0.25) is 5.89 Å². The molecule has 106 valence electrons. The van der Waals surface area contributed by atoms with Crippen molar-refractivity contribution in [2.24, 2.45) is 0 Å². The summed E-state index contributed by atoms with van der Waals surface area (Å²) in [4.78, 5) is 14.9. The number of rotatable bonds is 2. The highest BCUT2D eigenvalue weighted by Gasteiger charge is 2.19. The molecule has 0 bridgehead atoms. The lowest BCUT2D eigenvalue weighted by Crippen LogP contribution is -1.94. The van der Waals surface area contributed by atoms with Crippen LogP contribution in [-0.2, 0) is 0 Å². The first kappa shape index (κ1) is 13.7. The van der Waals surface area contributed by atoms with Crippen LogP contribution in [0.15, 0.2) is 39.2 Å². The van der Waals surface area contributed by atoms with Crippen LogP contribution in [0.5, 0.6) is 0 Å². The molecule has 21 heavy (non-hydrogen) atoms. The minimum absolute atomic E-state index is 0.00181. The van der Waals surface area contributed by atoms with E-state index in [0.29, 0.717) is 5.52 Å². The summed E-state index contributed by atoms with van der Waals surface area (Å²) >= 11 is 2.98. The fourth-order valence-corrected chi connectivity index (χ4v) is 2.31. The summed E-state index contributed by atoms with van der Waals surface area (Å²) in [6.45, 7) is 0. The average molecular weight is 354 g/mol. The van der Waals surface area contributed by atoms with E-state index in [-0.39, 0.29) is 21.5 Å². The van der Waals surface area contributed by atoms with Gasteiger partial charge in [-0.3, -0.25) is 0 Å². The molecule has 0 aliphatic carbocycles. The number of halogens is 3. The maximum absolute atomic E-state index is 13.9. The van der Waals surface area contributed by atoms with Crippen molar-refractivity contribution in [1.82, 2.24) is 4.98 Å². The second kappa shape index (κ2) is 4.92. The monoisotopic (exact) mass is 353 g/mol. The van der Waals surface area contributed by atoms with E-state index in [9.17, 15) is 13.6 Å². The van der Waals surface area contributed by atoms with Crippen molar-refractivity contribution in [3.63, 3.8) is 0 Å². The Morgan fingerprint density at radius 3 is 2.48 bits per heavy atom. The van der Waals surface area contributed by atoms with Crippen LogP contribution < -0.4 is 0 Å². The maximum Gasteiger partial charge on any atom is 0.335 e. The number of benzene rings is 2. The van der Waals surface area contributed by atoms with Crippen molar-refractivity contribution in [1.29, 1.82) is 0 Å². The smallest absolute Gasteiger partial charge is 0.335 e. The van der Waals surface area contributed by atoms with E-state index in [1.807, 2.05) is 0 Å². The van der Waals surface area contributed by atoms with Crippen LogP contribution >= 0.6 is 15.9 Å². The molecule has 0 saturated heterocycles. The molecule has 3 rings (SSSR count). The van der Waals surface area contributed by atoms with Crippen molar-refractivity contribution in [2.45, 2.75) is 0 Å². The Morgan fingerprint density at radius 2 is 1.86 bits per heavy atom. The number of hydrogen-bond acceptors (Lipinski definition) is 3. The van der Waals surface area contributed by atoms with Gasteiger partial charge in [-0.15, -0.1) is 0 Å². The van der Waals surface area contributed by atoms with Gasteiger partial charge in [0.15, 0.2) is 5.58 Å². The van der Waals surface area contributed by atoms with E-state index in [0.717, 1.165) is 12.1 Å². The molecule has 0 saturated carbocycles. The van der Waals surface area contributed by atoms with Crippen molar-refractivity contribution in [2.75, 3.05) is 0 Å². The average Bonchev–Trinajstić information content (AvgIpc) is 2.79. The predicted octanol–water partition coefficient (Wildman–Crippen LogP) is 4.23. The number of aromatic nitrogens is 1. The lowest BCUT2D eigenvalue weighted by molar-refractivity contribution is 0.0697. The molecule has 0 radical (unpaired) electrons. The summed E-state index contributed by atoms with van der Waals surface area (Å²) in [7, 11) is 0. The Bertz CT molecular complexity index is 853. The lowest BCUT2D eigenvalue weighted by atomic mass is 10.2. The number of nitrogens with zero attached hydrogens (tertiary/aromatic N) is 1. The highest BCUT2D eigenvalue weighted by atomic mass is 79.9. The molecule has 1 aromatic heterocycles. The van der Waals surface area contributed by atoms with E-state index < -0.39 is 23.2 Å². The van der Waals surface area contributed by atoms with Gasteiger partial charge in [0.1, 0.15) is 22.7 Å². The van der Waals surface area contributed by atoms with Gasteiger partial charge in [-0.05, 0) is 30.3 Å². The van der Waals surface area contributed by atoms with Gasteiger partial charge in [0.25, 0.3) is 0 Å². The summed E-state index contributed by atoms with van der Waals surface area (Å²) in [6.07, 6.45) is 0. The van der Waals surface area contributed by atoms with Gasteiger partial charge in [-0.25, -0.2) is 18.6 Å². The van der Waals surface area contributed by atoms with Crippen LogP contribution in [0.4, 0.5) is 8.78 Å². The Balaban J connectivity index is 2.20. The highest BCUT2D eigenvalue weighted by molar-refractivity contribution is 9.10. The first-order valence-corrected chi connectivity index (χ1v) is 6.54. The van der Waals surface area contributed by atoms with Crippen LogP contribution in [0.1, 0.15) is 10.4 Å². The molecule has 3 aromatic rings. The first-order chi connectivity index (χ1) is 9.95. The van der Waals surface area contributed by atoms with Crippen LogP contribution in [0.3, 0.4) is 0 Å². The zero-order valence-corrected chi connectivity index (χ0v) is 11.8. The lowest BCUT2D eigenvalue weighted by Gasteiger charge is -2.01. The number of hydrogen-bond donors (Lipinski definition) is 1. The van der Waals surface area contributed by atoms with E-state index in [1.54, 1.807) is 0 Å². The Labute approximate surface area is 125 Å². The predicted molar refractivity (Wildman–Crippen MR) is 74.0 cm³/mol. The standard InChI is InChI=1S/C14H6BrF2NO3/c15-7-4-8(16)12(9(17)5-7)13-18-10-2-1-6(14(19)20)3-11(10)21-13/h1-5H,(H,19,20). The van der Waals surface area contributed by atoms with E-state index in [2.05, 4.69) is 20.9 Å². The molecule has 2 aromatic carbocycles. The van der Waals surface area contributed by atoms with Crippen molar-refractivity contribution in [3.05, 3.63) is 52.0 Å². The van der Waals surface area contributed by atoms with Gasteiger partial charge in [0.05, 0.1) is 5.56 Å². The third kappa shape index (κ3) is 2.40. The molecule has 7 heteroatoms. The molecule has 0 aliphatic rings. The van der Waals surface area contributed by atoms with Gasteiger partial charge >= 0.3 is 5.97 Å². The fourth-order valence-electron chi connectivity index (χ4n) is 1.91. The van der Waals surface area contributed by atoms with E-state index >= 15 is 0 Å². The minimum atomic E-state index is -1.13. The number of aromatic carboxylic acids is 1. The van der Waals surface area contributed by atoms with Crippen molar-refractivity contribution >= 4 is 33.0 Å². The molecule has 0 spiro atoms. The number of carboxylic acids is 1. The molecular weight excluding hydrogens is 348 g/mol.